The molecule has 0 aliphatic carbocycles. The fourth-order valence-electron chi connectivity index (χ4n) is 3.31. The molecule has 0 saturated carbocycles. The minimum Gasteiger partial charge on any atom is -0.378 e. The van der Waals surface area contributed by atoms with Gasteiger partial charge in [0.1, 0.15) is 6.04 Å². The highest BCUT2D eigenvalue weighted by molar-refractivity contribution is 6.33. The van der Waals surface area contributed by atoms with Crippen molar-refractivity contribution in [2.75, 3.05) is 41.8 Å². The van der Waals surface area contributed by atoms with Crippen LogP contribution < -0.4 is 15.5 Å². The van der Waals surface area contributed by atoms with Gasteiger partial charge in [0.25, 0.3) is 0 Å². The number of morpholine rings is 1. The summed E-state index contributed by atoms with van der Waals surface area (Å²) in [6.07, 6.45) is -4.48. The molecule has 2 aromatic rings. The Hall–Kier alpha value is -2.45. The van der Waals surface area contributed by atoms with E-state index in [1.807, 2.05) is 38.1 Å². The maximum absolute atomic E-state index is 12.9. The van der Waals surface area contributed by atoms with E-state index in [9.17, 15) is 18.0 Å². The van der Waals surface area contributed by atoms with Crippen LogP contribution in [-0.2, 0) is 15.7 Å². The van der Waals surface area contributed by atoms with E-state index in [0.29, 0.717) is 18.9 Å². The highest BCUT2D eigenvalue weighted by Gasteiger charge is 2.31. The first-order valence-electron chi connectivity index (χ1n) is 10.0. The van der Waals surface area contributed by atoms with Gasteiger partial charge in [0.05, 0.1) is 29.5 Å². The number of carbonyl (C=O) groups excluding carboxylic acids is 1. The van der Waals surface area contributed by atoms with Gasteiger partial charge in [-0.3, -0.25) is 4.79 Å². The smallest absolute Gasteiger partial charge is 0.378 e. The average molecular weight is 456 g/mol. The van der Waals surface area contributed by atoms with Crippen molar-refractivity contribution in [3.05, 3.63) is 53.1 Å². The van der Waals surface area contributed by atoms with Crippen LogP contribution in [0.5, 0.6) is 0 Å². The molecule has 0 spiro atoms. The Morgan fingerprint density at radius 1 is 1.10 bits per heavy atom. The molecule has 9 heteroatoms. The number of rotatable bonds is 6. The van der Waals surface area contributed by atoms with Gasteiger partial charge in [-0.15, -0.1) is 0 Å². The number of amides is 1. The van der Waals surface area contributed by atoms with Crippen molar-refractivity contribution in [1.82, 2.24) is 0 Å². The molecule has 1 fully saturated rings. The third-order valence-corrected chi connectivity index (χ3v) is 5.38. The molecular formula is C22H25ClF3N3O2. The topological polar surface area (TPSA) is 53.6 Å². The van der Waals surface area contributed by atoms with Crippen LogP contribution in [0.25, 0.3) is 0 Å². The number of nitrogens with zero attached hydrogens (tertiary/aromatic N) is 1. The normalized spacial score (nSPS) is 15.6. The van der Waals surface area contributed by atoms with Gasteiger partial charge in [-0.1, -0.05) is 25.4 Å². The fraction of sp³-hybridized carbons (Fsp3) is 0.409. The largest absolute Gasteiger partial charge is 0.416 e. The third-order valence-electron chi connectivity index (χ3n) is 5.07. The standard InChI is InChI=1S/C22H25ClF3N3O2/c1-14(2)20(28-19-8-3-15(13-18(19)23)22(24,25)26)21(30)27-16-4-6-17(7-5-16)29-9-11-31-12-10-29/h3-8,13-14,20,28H,9-12H2,1-2H3,(H,27,30)/t20-/m0/s1. The Labute approximate surface area is 184 Å². The Bertz CT molecular complexity index is 898. The zero-order chi connectivity index (χ0) is 22.6. The van der Waals surface area contributed by atoms with Crippen molar-refractivity contribution < 1.29 is 22.7 Å². The fourth-order valence-corrected chi connectivity index (χ4v) is 3.54. The van der Waals surface area contributed by atoms with Gasteiger partial charge in [-0.2, -0.15) is 13.2 Å². The number of benzene rings is 2. The number of halogens is 4. The van der Waals surface area contributed by atoms with E-state index in [0.717, 1.165) is 30.9 Å². The van der Waals surface area contributed by atoms with Crippen molar-refractivity contribution in [3.8, 4) is 0 Å². The molecular weight excluding hydrogens is 431 g/mol. The molecule has 1 amide bonds. The molecule has 2 N–H and O–H groups in total. The molecule has 168 valence electrons. The molecule has 3 rings (SSSR count). The lowest BCUT2D eigenvalue weighted by Crippen LogP contribution is -2.39. The second-order valence-electron chi connectivity index (χ2n) is 7.69. The number of hydrogen-bond donors (Lipinski definition) is 2. The summed E-state index contributed by atoms with van der Waals surface area (Å²) in [7, 11) is 0. The summed E-state index contributed by atoms with van der Waals surface area (Å²) in [5.41, 5.74) is 1.12. The molecule has 1 atom stereocenters. The summed E-state index contributed by atoms with van der Waals surface area (Å²) >= 11 is 6.03. The minimum atomic E-state index is -4.48. The molecule has 2 aromatic carbocycles. The van der Waals surface area contributed by atoms with E-state index in [4.69, 9.17) is 16.3 Å². The van der Waals surface area contributed by atoms with Crippen molar-refractivity contribution >= 4 is 34.6 Å². The maximum atomic E-state index is 12.9. The van der Waals surface area contributed by atoms with Crippen molar-refractivity contribution in [3.63, 3.8) is 0 Å². The van der Waals surface area contributed by atoms with Crippen LogP contribution in [-0.4, -0.2) is 38.3 Å². The highest BCUT2D eigenvalue weighted by atomic mass is 35.5. The van der Waals surface area contributed by atoms with Gasteiger partial charge in [0, 0.05) is 24.5 Å². The van der Waals surface area contributed by atoms with Gasteiger partial charge >= 0.3 is 6.18 Å². The summed E-state index contributed by atoms with van der Waals surface area (Å²) < 4.78 is 43.9. The van der Waals surface area contributed by atoms with Crippen LogP contribution in [0, 0.1) is 5.92 Å². The average Bonchev–Trinajstić information content (AvgIpc) is 2.73. The lowest BCUT2D eigenvalue weighted by atomic mass is 10.0. The van der Waals surface area contributed by atoms with E-state index in [-0.39, 0.29) is 22.5 Å². The summed E-state index contributed by atoms with van der Waals surface area (Å²) in [5.74, 6) is -0.434. The van der Waals surface area contributed by atoms with Crippen LogP contribution in [0.2, 0.25) is 5.02 Å². The number of hydrogen-bond acceptors (Lipinski definition) is 4. The van der Waals surface area contributed by atoms with Crippen LogP contribution in [0.1, 0.15) is 19.4 Å². The number of anilines is 3. The number of alkyl halides is 3. The van der Waals surface area contributed by atoms with E-state index >= 15 is 0 Å². The first-order valence-corrected chi connectivity index (χ1v) is 10.4. The van der Waals surface area contributed by atoms with Crippen LogP contribution in [0.15, 0.2) is 42.5 Å². The molecule has 31 heavy (non-hydrogen) atoms. The molecule has 5 nitrogen and oxygen atoms in total. The number of nitrogens with one attached hydrogen (secondary N) is 2. The molecule has 0 aromatic heterocycles. The van der Waals surface area contributed by atoms with Crippen molar-refractivity contribution in [2.24, 2.45) is 5.92 Å². The van der Waals surface area contributed by atoms with Gasteiger partial charge in [0.15, 0.2) is 0 Å². The summed E-state index contributed by atoms with van der Waals surface area (Å²) in [6, 6.07) is 9.86. The van der Waals surface area contributed by atoms with E-state index in [2.05, 4.69) is 15.5 Å². The highest BCUT2D eigenvalue weighted by Crippen LogP contribution is 2.34. The van der Waals surface area contributed by atoms with Crippen LogP contribution in [0.3, 0.4) is 0 Å². The Kier molecular flexibility index (Phi) is 7.33. The van der Waals surface area contributed by atoms with Crippen molar-refractivity contribution in [2.45, 2.75) is 26.1 Å². The zero-order valence-corrected chi connectivity index (χ0v) is 18.1. The van der Waals surface area contributed by atoms with E-state index in [1.165, 1.54) is 6.07 Å². The Morgan fingerprint density at radius 2 is 1.74 bits per heavy atom. The lowest BCUT2D eigenvalue weighted by molar-refractivity contribution is -0.137. The van der Waals surface area contributed by atoms with Gasteiger partial charge in [-0.05, 0) is 48.4 Å². The van der Waals surface area contributed by atoms with Gasteiger partial charge < -0.3 is 20.3 Å². The molecule has 0 unspecified atom stereocenters. The Morgan fingerprint density at radius 3 is 2.29 bits per heavy atom. The predicted octanol–water partition coefficient (Wildman–Crippen LogP) is 5.27. The monoisotopic (exact) mass is 455 g/mol. The van der Waals surface area contributed by atoms with E-state index in [1.54, 1.807) is 0 Å². The molecule has 1 aliphatic heterocycles. The first kappa shape index (κ1) is 23.2. The minimum absolute atomic E-state index is 0.0943. The zero-order valence-electron chi connectivity index (χ0n) is 17.3. The predicted molar refractivity (Wildman–Crippen MR) is 117 cm³/mol. The van der Waals surface area contributed by atoms with Gasteiger partial charge in [0.2, 0.25) is 5.91 Å². The number of ether oxygens (including phenoxy) is 1. The molecule has 1 saturated heterocycles. The van der Waals surface area contributed by atoms with E-state index < -0.39 is 17.8 Å². The summed E-state index contributed by atoms with van der Waals surface area (Å²) in [4.78, 5) is 15.1. The molecule has 0 radical (unpaired) electrons. The SMILES string of the molecule is CC(C)[C@H](Nc1ccc(C(F)(F)F)cc1Cl)C(=O)Nc1ccc(N2CCOCC2)cc1. The first-order chi connectivity index (χ1) is 14.6. The van der Waals surface area contributed by atoms with Gasteiger partial charge in [-0.25, -0.2) is 0 Å². The Balaban J connectivity index is 1.68. The second kappa shape index (κ2) is 9.78. The van der Waals surface area contributed by atoms with Crippen LogP contribution in [0.4, 0.5) is 30.2 Å². The molecule has 0 bridgehead atoms. The second-order valence-corrected chi connectivity index (χ2v) is 8.10. The third kappa shape index (κ3) is 6.04. The maximum Gasteiger partial charge on any atom is 0.416 e. The lowest BCUT2D eigenvalue weighted by Gasteiger charge is -2.29. The summed E-state index contributed by atoms with van der Waals surface area (Å²) in [6.45, 7) is 6.70. The quantitative estimate of drug-likeness (QED) is 0.623. The van der Waals surface area contributed by atoms with Crippen molar-refractivity contribution in [1.29, 1.82) is 0 Å². The molecule has 1 heterocycles. The summed E-state index contributed by atoms with van der Waals surface area (Å²) in [5, 5.41) is 5.74. The number of carbonyl (C=O) groups is 1. The van der Waals surface area contributed by atoms with Crippen LogP contribution >= 0.6 is 11.6 Å². The molecule has 1 aliphatic rings.